The Hall–Kier alpha value is -3.39. The van der Waals surface area contributed by atoms with Crippen molar-refractivity contribution in [1.82, 2.24) is 20.3 Å². The van der Waals surface area contributed by atoms with Gasteiger partial charge in [0.15, 0.2) is 0 Å². The van der Waals surface area contributed by atoms with E-state index in [9.17, 15) is 4.79 Å². The van der Waals surface area contributed by atoms with Gasteiger partial charge in [-0.2, -0.15) is 0 Å². The summed E-state index contributed by atoms with van der Waals surface area (Å²) in [6.45, 7) is 4.00. The molecule has 0 spiro atoms. The first-order valence-electron chi connectivity index (χ1n) is 9.20. The van der Waals surface area contributed by atoms with Crippen LogP contribution >= 0.6 is 11.3 Å². The summed E-state index contributed by atoms with van der Waals surface area (Å²) in [7, 11) is 3.21. The van der Waals surface area contributed by atoms with Gasteiger partial charge in [0.2, 0.25) is 0 Å². The van der Waals surface area contributed by atoms with Gasteiger partial charge in [0.25, 0.3) is 5.91 Å². The largest absolute Gasteiger partial charge is 0.496 e. The lowest BCUT2D eigenvalue weighted by atomic mass is 10.1. The number of H-pyrrole nitrogens is 1. The Bertz CT molecular complexity index is 1140. The molecule has 0 radical (unpaired) electrons. The summed E-state index contributed by atoms with van der Waals surface area (Å²) in [5.74, 6) is 0.814. The molecule has 0 aliphatic carbocycles. The van der Waals surface area contributed by atoms with Crippen LogP contribution in [0.2, 0.25) is 0 Å². The fourth-order valence-corrected chi connectivity index (χ4v) is 3.65. The fourth-order valence-electron chi connectivity index (χ4n) is 3.01. The van der Waals surface area contributed by atoms with Crippen molar-refractivity contribution in [2.75, 3.05) is 19.9 Å². The second kappa shape index (κ2) is 8.74. The minimum absolute atomic E-state index is 0.218. The molecule has 1 aromatic carbocycles. The van der Waals surface area contributed by atoms with Crippen LogP contribution in [-0.2, 0) is 0 Å². The van der Waals surface area contributed by atoms with Gasteiger partial charge in [-0.3, -0.25) is 4.79 Å². The van der Waals surface area contributed by atoms with Crippen LogP contribution in [0.15, 0.2) is 42.0 Å². The summed E-state index contributed by atoms with van der Waals surface area (Å²) >= 11 is 1.57. The second-order valence-electron chi connectivity index (χ2n) is 5.86. The van der Waals surface area contributed by atoms with E-state index >= 15 is 0 Å². The van der Waals surface area contributed by atoms with Crippen LogP contribution < -0.4 is 15.8 Å². The zero-order valence-corrected chi connectivity index (χ0v) is 17.6. The van der Waals surface area contributed by atoms with Crippen molar-refractivity contribution in [2.45, 2.75) is 13.8 Å². The number of hydrogen-bond acceptors (Lipinski definition) is 6. The Morgan fingerprint density at radius 3 is 2.69 bits per heavy atom. The van der Waals surface area contributed by atoms with Gasteiger partial charge in [-0.15, -0.1) is 11.3 Å². The maximum absolute atomic E-state index is 12.1. The molecule has 3 heterocycles. The molecular formula is C21H23N5O2S. The summed E-state index contributed by atoms with van der Waals surface area (Å²) in [6.07, 6.45) is 3.26. The van der Waals surface area contributed by atoms with Crippen molar-refractivity contribution in [3.05, 3.63) is 47.6 Å². The van der Waals surface area contributed by atoms with E-state index < -0.39 is 0 Å². The molecule has 4 N–H and O–H groups in total. The van der Waals surface area contributed by atoms with Gasteiger partial charge in [0.05, 0.1) is 23.9 Å². The number of pyridine rings is 1. The number of nitrogens with zero attached hydrogens (tertiary/aromatic N) is 2. The van der Waals surface area contributed by atoms with Crippen molar-refractivity contribution < 1.29 is 9.53 Å². The average molecular weight is 410 g/mol. The van der Waals surface area contributed by atoms with Crippen LogP contribution in [0, 0.1) is 0 Å². The molecule has 150 valence electrons. The summed E-state index contributed by atoms with van der Waals surface area (Å²) in [4.78, 5) is 23.9. The Kier molecular flexibility index (Phi) is 6.13. The maximum Gasteiger partial charge on any atom is 0.253 e. The predicted molar refractivity (Wildman–Crippen MR) is 118 cm³/mol. The lowest BCUT2D eigenvalue weighted by Crippen LogP contribution is -2.18. The number of nitrogens with one attached hydrogen (secondary N) is 2. The number of anilines is 1. The number of aromatic nitrogens is 3. The summed E-state index contributed by atoms with van der Waals surface area (Å²) < 4.78 is 5.59. The van der Waals surface area contributed by atoms with Crippen molar-refractivity contribution in [3.8, 4) is 27.6 Å². The SMILES string of the molecule is CC.CNC(=O)c1cnc(N)c2[nH]c(-c3ccc(-c4nccs4)cc3OC)cc12. The minimum atomic E-state index is -0.218. The van der Waals surface area contributed by atoms with Gasteiger partial charge < -0.3 is 20.8 Å². The second-order valence-corrected chi connectivity index (χ2v) is 6.75. The van der Waals surface area contributed by atoms with Gasteiger partial charge in [-0.05, 0) is 18.2 Å². The Balaban J connectivity index is 0.00000117. The number of carbonyl (C=O) groups is 1. The third-order valence-electron chi connectivity index (χ3n) is 4.34. The first-order valence-corrected chi connectivity index (χ1v) is 10.1. The highest BCUT2D eigenvalue weighted by atomic mass is 32.1. The molecule has 0 aliphatic rings. The molecule has 1 amide bonds. The van der Waals surface area contributed by atoms with Crippen LogP contribution in [0.3, 0.4) is 0 Å². The zero-order chi connectivity index (χ0) is 21.0. The highest BCUT2D eigenvalue weighted by Crippen LogP contribution is 2.36. The zero-order valence-electron chi connectivity index (χ0n) is 16.7. The smallest absolute Gasteiger partial charge is 0.253 e. The number of fused-ring (bicyclic) bond motifs is 1. The number of rotatable bonds is 4. The standard InChI is InChI=1S/C19H17N5O2S.C2H6/c1-21-18(25)13-9-23-17(20)16-12(13)8-14(24-16)11-4-3-10(7-15(11)26-2)19-22-5-6-27-19;1-2/h3-9,24H,1-2H3,(H2,20,23)(H,21,25);1-2H3. The van der Waals surface area contributed by atoms with E-state index in [-0.39, 0.29) is 5.91 Å². The molecule has 0 atom stereocenters. The lowest BCUT2D eigenvalue weighted by molar-refractivity contribution is 0.0964. The molecule has 4 aromatic rings. The first-order chi connectivity index (χ1) is 14.1. The summed E-state index contributed by atoms with van der Waals surface area (Å²) in [6, 6.07) is 7.78. The number of thiazole rings is 1. The van der Waals surface area contributed by atoms with Crippen molar-refractivity contribution in [3.63, 3.8) is 0 Å². The van der Waals surface area contributed by atoms with Crippen LogP contribution in [0.5, 0.6) is 5.75 Å². The fraction of sp³-hybridized carbons (Fsp3) is 0.190. The van der Waals surface area contributed by atoms with E-state index in [0.29, 0.717) is 28.0 Å². The van der Waals surface area contributed by atoms with E-state index in [4.69, 9.17) is 10.5 Å². The molecule has 0 aliphatic heterocycles. The van der Waals surface area contributed by atoms with E-state index in [2.05, 4.69) is 20.3 Å². The highest BCUT2D eigenvalue weighted by molar-refractivity contribution is 7.13. The topological polar surface area (TPSA) is 106 Å². The van der Waals surface area contributed by atoms with Crippen molar-refractivity contribution in [1.29, 1.82) is 0 Å². The van der Waals surface area contributed by atoms with Crippen molar-refractivity contribution in [2.24, 2.45) is 0 Å². The molecule has 0 saturated carbocycles. The number of methoxy groups -OCH3 is 1. The van der Waals surface area contributed by atoms with E-state index in [1.165, 1.54) is 6.20 Å². The summed E-state index contributed by atoms with van der Waals surface area (Å²) in [5, 5.41) is 6.19. The molecular weight excluding hydrogens is 386 g/mol. The number of ether oxygens (including phenoxy) is 1. The third-order valence-corrected chi connectivity index (χ3v) is 5.16. The van der Waals surface area contributed by atoms with Gasteiger partial charge in [0, 0.05) is 41.3 Å². The van der Waals surface area contributed by atoms with E-state index in [1.807, 2.05) is 43.5 Å². The van der Waals surface area contributed by atoms with E-state index in [1.54, 1.807) is 31.7 Å². The first kappa shape index (κ1) is 20.3. The minimum Gasteiger partial charge on any atom is -0.496 e. The predicted octanol–water partition coefficient (Wildman–Crippen LogP) is 4.33. The Morgan fingerprint density at radius 1 is 1.24 bits per heavy atom. The van der Waals surface area contributed by atoms with Crippen LogP contribution in [-0.4, -0.2) is 35.0 Å². The van der Waals surface area contributed by atoms with E-state index in [0.717, 1.165) is 21.8 Å². The molecule has 0 unspecified atom stereocenters. The Morgan fingerprint density at radius 2 is 2.03 bits per heavy atom. The van der Waals surface area contributed by atoms with Crippen LogP contribution in [0.4, 0.5) is 5.82 Å². The summed E-state index contributed by atoms with van der Waals surface area (Å²) in [5.41, 5.74) is 9.72. The lowest BCUT2D eigenvalue weighted by Gasteiger charge is -2.08. The maximum atomic E-state index is 12.1. The monoisotopic (exact) mass is 409 g/mol. The quantitative estimate of drug-likeness (QED) is 0.465. The number of amides is 1. The number of nitrogens with two attached hydrogens (primary N) is 1. The molecule has 3 aromatic heterocycles. The molecule has 29 heavy (non-hydrogen) atoms. The third kappa shape index (κ3) is 3.79. The number of benzene rings is 1. The van der Waals surface area contributed by atoms with Crippen LogP contribution in [0.1, 0.15) is 24.2 Å². The van der Waals surface area contributed by atoms with Gasteiger partial charge in [0.1, 0.15) is 16.6 Å². The number of aromatic amines is 1. The van der Waals surface area contributed by atoms with Gasteiger partial charge >= 0.3 is 0 Å². The normalized spacial score (nSPS) is 10.3. The molecule has 8 heteroatoms. The Labute approximate surface area is 173 Å². The molecule has 4 rings (SSSR count). The number of carbonyl (C=O) groups excluding carboxylic acids is 1. The highest BCUT2D eigenvalue weighted by Gasteiger charge is 2.17. The molecule has 0 fully saturated rings. The molecule has 0 bridgehead atoms. The van der Waals surface area contributed by atoms with Gasteiger partial charge in [-0.1, -0.05) is 19.9 Å². The number of hydrogen-bond donors (Lipinski definition) is 3. The van der Waals surface area contributed by atoms with Gasteiger partial charge in [-0.25, -0.2) is 9.97 Å². The number of nitrogen functional groups attached to an aromatic ring is 1. The molecule has 0 saturated heterocycles. The molecule has 7 nitrogen and oxygen atoms in total. The van der Waals surface area contributed by atoms with Crippen molar-refractivity contribution >= 4 is 34.0 Å². The average Bonchev–Trinajstić information content (AvgIpc) is 3.45. The van der Waals surface area contributed by atoms with Crippen LogP contribution in [0.25, 0.3) is 32.7 Å².